The fourth-order valence-electron chi connectivity index (χ4n) is 4.52. The minimum absolute atomic E-state index is 0.0130. The van der Waals surface area contributed by atoms with Gasteiger partial charge in [0.25, 0.3) is 5.91 Å². The third-order valence-electron chi connectivity index (χ3n) is 6.78. The summed E-state index contributed by atoms with van der Waals surface area (Å²) >= 11 is 0. The third kappa shape index (κ3) is 3.89. The van der Waals surface area contributed by atoms with Crippen LogP contribution in [0.3, 0.4) is 0 Å². The van der Waals surface area contributed by atoms with Crippen LogP contribution >= 0.6 is 0 Å². The van der Waals surface area contributed by atoms with E-state index in [0.29, 0.717) is 42.8 Å². The van der Waals surface area contributed by atoms with E-state index in [-0.39, 0.29) is 22.9 Å². The number of benzene rings is 1. The van der Waals surface area contributed by atoms with Gasteiger partial charge in [0.1, 0.15) is 6.10 Å². The van der Waals surface area contributed by atoms with Crippen LogP contribution in [-0.4, -0.2) is 56.7 Å². The van der Waals surface area contributed by atoms with Gasteiger partial charge in [-0.05, 0) is 37.5 Å². The lowest BCUT2D eigenvalue weighted by molar-refractivity contribution is 0.0962. The molecule has 36 heavy (non-hydrogen) atoms. The van der Waals surface area contributed by atoms with Gasteiger partial charge >= 0.3 is 0 Å². The number of ether oxygens (including phenoxy) is 2. The highest BCUT2D eigenvalue weighted by Gasteiger charge is 2.25. The largest absolute Gasteiger partial charge is 0.470 e. The van der Waals surface area contributed by atoms with Gasteiger partial charge in [0.15, 0.2) is 17.3 Å². The Balaban J connectivity index is 1.48. The Morgan fingerprint density at radius 2 is 2.03 bits per heavy atom. The Labute approximate surface area is 205 Å². The van der Waals surface area contributed by atoms with Crippen LogP contribution in [0.1, 0.15) is 42.1 Å². The van der Waals surface area contributed by atoms with Crippen LogP contribution in [0.15, 0.2) is 36.8 Å². The van der Waals surface area contributed by atoms with E-state index in [2.05, 4.69) is 20.5 Å². The summed E-state index contributed by atoms with van der Waals surface area (Å²) in [6, 6.07) is 4.33. The van der Waals surface area contributed by atoms with E-state index < -0.39 is 17.5 Å². The summed E-state index contributed by atoms with van der Waals surface area (Å²) in [5, 5.41) is 11.6. The standard InChI is InChI=1S/C25H24F2N6O3/c1-28-24(34)14-7-19(23(27)20(26)8-14)21-11-29-22-9-18(15-10-30-32(12-15)16-3-2-4-16)25(31-33(21)22)36-17-5-6-35-13-17/h7-12,16-17H,2-6,13H2,1H3,(H,28,34)/t17-/m0/s1. The first kappa shape index (κ1) is 22.6. The molecule has 1 amide bonds. The van der Waals surface area contributed by atoms with Gasteiger partial charge in [-0.25, -0.2) is 18.3 Å². The fourth-order valence-corrected chi connectivity index (χ4v) is 4.52. The highest BCUT2D eigenvalue weighted by molar-refractivity contribution is 5.95. The van der Waals surface area contributed by atoms with E-state index in [0.717, 1.165) is 24.5 Å². The molecule has 1 N–H and O–H groups in total. The predicted octanol–water partition coefficient (Wildman–Crippen LogP) is 3.79. The topological polar surface area (TPSA) is 95.6 Å². The van der Waals surface area contributed by atoms with E-state index in [1.54, 1.807) is 12.3 Å². The molecular formula is C25H24F2N6O3. The summed E-state index contributed by atoms with van der Waals surface area (Å²) in [6.45, 7) is 1.03. The van der Waals surface area contributed by atoms with Crippen LogP contribution in [0, 0.1) is 11.6 Å². The molecule has 2 aliphatic rings. The zero-order valence-corrected chi connectivity index (χ0v) is 19.6. The Morgan fingerprint density at radius 3 is 2.75 bits per heavy atom. The monoisotopic (exact) mass is 494 g/mol. The number of imidazole rings is 1. The van der Waals surface area contributed by atoms with Gasteiger partial charge in [-0.3, -0.25) is 9.48 Å². The Kier molecular flexibility index (Phi) is 5.63. The molecule has 1 saturated heterocycles. The average molecular weight is 495 g/mol. The van der Waals surface area contributed by atoms with Crippen LogP contribution in [0.5, 0.6) is 5.88 Å². The third-order valence-corrected chi connectivity index (χ3v) is 6.78. The van der Waals surface area contributed by atoms with Gasteiger partial charge in [0.2, 0.25) is 5.88 Å². The summed E-state index contributed by atoms with van der Waals surface area (Å²) in [5.74, 6) is -2.45. The van der Waals surface area contributed by atoms with Crippen LogP contribution < -0.4 is 10.1 Å². The highest BCUT2D eigenvalue weighted by Crippen LogP contribution is 2.36. The number of aromatic nitrogens is 5. The molecule has 4 aromatic rings. The number of carbonyl (C=O) groups excluding carboxylic acids is 1. The second kappa shape index (κ2) is 8.98. The molecule has 3 aromatic heterocycles. The van der Waals surface area contributed by atoms with Gasteiger partial charge in [0.05, 0.1) is 42.9 Å². The molecule has 1 aromatic carbocycles. The molecule has 186 valence electrons. The summed E-state index contributed by atoms with van der Waals surface area (Å²) in [5.41, 5.74) is 1.99. The number of halogens is 2. The number of amides is 1. The molecule has 1 atom stereocenters. The smallest absolute Gasteiger partial charge is 0.251 e. The quantitative estimate of drug-likeness (QED) is 0.438. The number of rotatable bonds is 6. The second-order valence-corrected chi connectivity index (χ2v) is 9.07. The predicted molar refractivity (Wildman–Crippen MR) is 126 cm³/mol. The first-order chi connectivity index (χ1) is 17.5. The van der Waals surface area contributed by atoms with Crippen molar-refractivity contribution in [2.24, 2.45) is 0 Å². The molecule has 0 radical (unpaired) electrons. The van der Waals surface area contributed by atoms with Crippen LogP contribution in [-0.2, 0) is 4.74 Å². The number of hydrogen-bond donors (Lipinski definition) is 1. The molecule has 0 bridgehead atoms. The zero-order chi connectivity index (χ0) is 24.8. The van der Waals surface area contributed by atoms with Crippen molar-refractivity contribution in [3.05, 3.63) is 54.0 Å². The first-order valence-corrected chi connectivity index (χ1v) is 11.9. The maximum absolute atomic E-state index is 14.9. The molecule has 1 aliphatic carbocycles. The lowest BCUT2D eigenvalue weighted by atomic mass is 9.93. The van der Waals surface area contributed by atoms with Crippen LogP contribution in [0.4, 0.5) is 8.78 Å². The Morgan fingerprint density at radius 1 is 1.17 bits per heavy atom. The Hall–Kier alpha value is -3.86. The van der Waals surface area contributed by atoms with Gasteiger partial charge in [0, 0.05) is 36.4 Å². The van der Waals surface area contributed by atoms with E-state index in [1.165, 1.54) is 30.2 Å². The molecular weight excluding hydrogens is 470 g/mol. The maximum atomic E-state index is 14.9. The first-order valence-electron chi connectivity index (χ1n) is 11.9. The highest BCUT2D eigenvalue weighted by atomic mass is 19.2. The van der Waals surface area contributed by atoms with Crippen molar-refractivity contribution in [2.45, 2.75) is 37.8 Å². The van der Waals surface area contributed by atoms with Gasteiger partial charge < -0.3 is 14.8 Å². The minimum atomic E-state index is -1.14. The van der Waals surface area contributed by atoms with Crippen molar-refractivity contribution >= 4 is 11.6 Å². The van der Waals surface area contributed by atoms with Gasteiger partial charge in [-0.15, -0.1) is 5.10 Å². The zero-order valence-electron chi connectivity index (χ0n) is 19.6. The summed E-state index contributed by atoms with van der Waals surface area (Å²) in [4.78, 5) is 16.5. The molecule has 1 saturated carbocycles. The molecule has 0 unspecified atom stereocenters. The van der Waals surface area contributed by atoms with E-state index in [4.69, 9.17) is 9.47 Å². The molecule has 11 heteroatoms. The van der Waals surface area contributed by atoms with Crippen molar-refractivity contribution in [3.63, 3.8) is 0 Å². The minimum Gasteiger partial charge on any atom is -0.470 e. The number of nitrogens with zero attached hydrogens (tertiary/aromatic N) is 5. The number of hydrogen-bond acceptors (Lipinski definition) is 6. The summed E-state index contributed by atoms with van der Waals surface area (Å²) in [7, 11) is 1.42. The normalized spacial score (nSPS) is 17.9. The molecule has 6 rings (SSSR count). The SMILES string of the molecule is CNC(=O)c1cc(F)c(F)c(-c2cnc3cc(-c4cnn(C5CCC5)c4)c(O[C@H]4CCOC4)nn23)c1. The number of fused-ring (bicyclic) bond motifs is 1. The van der Waals surface area contributed by atoms with E-state index in [1.807, 2.05) is 10.9 Å². The molecule has 4 heterocycles. The van der Waals surface area contributed by atoms with Gasteiger partial charge in [-0.1, -0.05) is 0 Å². The second-order valence-electron chi connectivity index (χ2n) is 9.07. The van der Waals surface area contributed by atoms with Gasteiger partial charge in [-0.2, -0.15) is 5.10 Å². The van der Waals surface area contributed by atoms with Crippen LogP contribution in [0.25, 0.3) is 28.0 Å². The van der Waals surface area contributed by atoms with Crippen molar-refractivity contribution < 1.29 is 23.0 Å². The van der Waals surface area contributed by atoms with Crippen molar-refractivity contribution in [1.29, 1.82) is 0 Å². The van der Waals surface area contributed by atoms with Crippen molar-refractivity contribution in [1.82, 2.24) is 29.7 Å². The Bertz CT molecular complexity index is 1460. The fraction of sp³-hybridized carbons (Fsp3) is 0.360. The number of carbonyl (C=O) groups is 1. The van der Waals surface area contributed by atoms with Crippen molar-refractivity contribution in [3.8, 4) is 28.3 Å². The lowest BCUT2D eigenvalue weighted by Crippen LogP contribution is -2.19. The summed E-state index contributed by atoms with van der Waals surface area (Å²) < 4.78 is 44.3. The summed E-state index contributed by atoms with van der Waals surface area (Å²) in [6.07, 6.45) is 9.07. The van der Waals surface area contributed by atoms with E-state index >= 15 is 0 Å². The molecule has 1 aliphatic heterocycles. The van der Waals surface area contributed by atoms with Crippen LogP contribution in [0.2, 0.25) is 0 Å². The van der Waals surface area contributed by atoms with Crippen molar-refractivity contribution in [2.75, 3.05) is 20.3 Å². The molecule has 0 spiro atoms. The maximum Gasteiger partial charge on any atom is 0.251 e. The van der Waals surface area contributed by atoms with E-state index in [9.17, 15) is 13.6 Å². The lowest BCUT2D eigenvalue weighted by Gasteiger charge is -2.25. The average Bonchev–Trinajstić information content (AvgIpc) is 3.60. The molecule has 9 nitrogen and oxygen atoms in total. The molecule has 2 fully saturated rings. The number of nitrogens with one attached hydrogen (secondary N) is 1.